The van der Waals surface area contributed by atoms with Crippen LogP contribution in [0, 0.1) is 0 Å². The number of aliphatic hydroxyl groups excluding tert-OH is 2. The average Bonchev–Trinajstić information content (AvgIpc) is 2.75. The van der Waals surface area contributed by atoms with Crippen LogP contribution in [0.3, 0.4) is 0 Å². The number of nitrogens with zero attached hydrogens (tertiary/aromatic N) is 1. The first-order valence-electron chi connectivity index (χ1n) is 4.94. The Labute approximate surface area is 107 Å². The van der Waals surface area contributed by atoms with Crippen LogP contribution in [0.2, 0.25) is 0 Å². The molecule has 2 N–H and O–H groups in total. The molecule has 0 saturated carbocycles. The molecule has 0 aliphatic rings. The van der Waals surface area contributed by atoms with Crippen molar-refractivity contribution < 1.29 is 19.8 Å². The third kappa shape index (κ3) is 4.55. The van der Waals surface area contributed by atoms with Crippen molar-refractivity contribution in [3.8, 4) is 0 Å². The van der Waals surface area contributed by atoms with Gasteiger partial charge in [-0.1, -0.05) is 11.8 Å². The second kappa shape index (κ2) is 6.85. The molecule has 1 aromatic heterocycles. The Hall–Kier alpha value is -0.760. The number of rotatable bonds is 6. The van der Waals surface area contributed by atoms with Crippen molar-refractivity contribution in [1.82, 2.24) is 4.98 Å². The van der Waals surface area contributed by atoms with Crippen LogP contribution in [0.1, 0.15) is 34.9 Å². The molecule has 7 heteroatoms. The zero-order valence-corrected chi connectivity index (χ0v) is 10.8. The van der Waals surface area contributed by atoms with E-state index in [2.05, 4.69) is 4.98 Å². The van der Waals surface area contributed by atoms with Crippen LogP contribution in [0.5, 0.6) is 0 Å². The second-order valence-corrected chi connectivity index (χ2v) is 5.53. The number of hydrogen-bond donors (Lipinski definition) is 2. The molecule has 94 valence electrons. The molecule has 5 nitrogen and oxygen atoms in total. The maximum atomic E-state index is 10.7. The zero-order valence-electron chi connectivity index (χ0n) is 9.20. The molecule has 0 aliphatic heterocycles. The van der Waals surface area contributed by atoms with Gasteiger partial charge in [0.25, 0.3) is 0 Å². The largest absolute Gasteiger partial charge is 0.390 e. The Morgan fingerprint density at radius 3 is 2.88 bits per heavy atom. The van der Waals surface area contributed by atoms with E-state index in [1.807, 2.05) is 0 Å². The van der Waals surface area contributed by atoms with E-state index in [-0.39, 0.29) is 15.8 Å². The number of aliphatic hydroxyl groups is 2. The summed E-state index contributed by atoms with van der Waals surface area (Å²) in [6.45, 7) is 1.45. The van der Waals surface area contributed by atoms with Crippen LogP contribution in [0.25, 0.3) is 0 Å². The molecular formula is C10H13NO4S2. The Balaban J connectivity index is 2.48. The van der Waals surface area contributed by atoms with E-state index in [4.69, 9.17) is 0 Å². The fourth-order valence-electron chi connectivity index (χ4n) is 1.17. The summed E-state index contributed by atoms with van der Waals surface area (Å²) in [5.74, 6) is 0.443. The van der Waals surface area contributed by atoms with Gasteiger partial charge in [-0.05, 0) is 6.42 Å². The Morgan fingerprint density at radius 2 is 2.35 bits per heavy atom. The number of aldehydes is 1. The summed E-state index contributed by atoms with van der Waals surface area (Å²) >= 11 is 2.21. The molecule has 0 spiro atoms. The van der Waals surface area contributed by atoms with Crippen molar-refractivity contribution in [3.05, 3.63) is 16.1 Å². The van der Waals surface area contributed by atoms with Crippen molar-refractivity contribution in [2.45, 2.75) is 25.6 Å². The molecule has 0 amide bonds. The van der Waals surface area contributed by atoms with E-state index in [1.54, 1.807) is 0 Å². The molecule has 0 aromatic carbocycles. The molecule has 0 saturated heterocycles. The fourth-order valence-corrected chi connectivity index (χ4v) is 2.46. The molecular weight excluding hydrogens is 262 g/mol. The Morgan fingerprint density at radius 1 is 1.65 bits per heavy atom. The lowest BCUT2D eigenvalue weighted by atomic mass is 10.1. The molecule has 1 heterocycles. The molecule has 1 rings (SSSR count). The summed E-state index contributed by atoms with van der Waals surface area (Å²) < 4.78 is 0. The highest BCUT2D eigenvalue weighted by atomic mass is 32.2. The summed E-state index contributed by atoms with van der Waals surface area (Å²) in [6, 6.07) is 0. The topological polar surface area (TPSA) is 87.5 Å². The SMILES string of the molecule is CC(=O)SCCC(O)C(O)c1csc(C=O)n1. The van der Waals surface area contributed by atoms with Crippen molar-refractivity contribution >= 4 is 34.5 Å². The first kappa shape index (κ1) is 14.3. The summed E-state index contributed by atoms with van der Waals surface area (Å²) in [5, 5.41) is 21.2. The highest BCUT2D eigenvalue weighted by Gasteiger charge is 2.20. The molecule has 0 radical (unpaired) electrons. The Kier molecular flexibility index (Phi) is 5.76. The summed E-state index contributed by atoms with van der Waals surface area (Å²) in [5.41, 5.74) is 0.289. The van der Waals surface area contributed by atoms with Gasteiger partial charge in [-0.25, -0.2) is 4.98 Å². The van der Waals surface area contributed by atoms with E-state index in [0.29, 0.717) is 18.5 Å². The molecule has 0 bridgehead atoms. The molecule has 1 aromatic rings. The van der Waals surface area contributed by atoms with Crippen molar-refractivity contribution in [3.63, 3.8) is 0 Å². The number of thioether (sulfide) groups is 1. The first-order chi connectivity index (χ1) is 8.04. The number of aromatic nitrogens is 1. The van der Waals surface area contributed by atoms with Gasteiger partial charge in [0.2, 0.25) is 0 Å². The number of hydrogen-bond acceptors (Lipinski definition) is 7. The average molecular weight is 275 g/mol. The van der Waals surface area contributed by atoms with Gasteiger partial charge in [-0.15, -0.1) is 11.3 Å². The van der Waals surface area contributed by atoms with E-state index < -0.39 is 12.2 Å². The zero-order chi connectivity index (χ0) is 12.8. The lowest BCUT2D eigenvalue weighted by Gasteiger charge is -2.15. The third-order valence-electron chi connectivity index (χ3n) is 2.03. The van der Waals surface area contributed by atoms with E-state index in [9.17, 15) is 19.8 Å². The highest BCUT2D eigenvalue weighted by Crippen LogP contribution is 2.21. The predicted octanol–water partition coefficient (Wildman–Crippen LogP) is 1.02. The van der Waals surface area contributed by atoms with Crippen molar-refractivity contribution in [2.75, 3.05) is 5.75 Å². The van der Waals surface area contributed by atoms with Crippen LogP contribution in [-0.2, 0) is 4.79 Å². The number of thiazole rings is 1. The minimum absolute atomic E-state index is 0.0245. The highest BCUT2D eigenvalue weighted by molar-refractivity contribution is 8.13. The molecule has 2 atom stereocenters. The van der Waals surface area contributed by atoms with Crippen LogP contribution >= 0.6 is 23.1 Å². The molecule has 0 aliphatic carbocycles. The first-order valence-corrected chi connectivity index (χ1v) is 6.81. The Bertz CT molecular complexity index is 393. The number of carbonyl (C=O) groups excluding carboxylic acids is 2. The monoisotopic (exact) mass is 275 g/mol. The van der Waals surface area contributed by atoms with Crippen LogP contribution in [-0.4, -0.2) is 38.5 Å². The molecule has 17 heavy (non-hydrogen) atoms. The lowest BCUT2D eigenvalue weighted by molar-refractivity contribution is -0.109. The van der Waals surface area contributed by atoms with E-state index >= 15 is 0 Å². The van der Waals surface area contributed by atoms with Crippen molar-refractivity contribution in [1.29, 1.82) is 0 Å². The van der Waals surface area contributed by atoms with Crippen LogP contribution in [0.15, 0.2) is 5.38 Å². The maximum absolute atomic E-state index is 10.7. The minimum Gasteiger partial charge on any atom is -0.390 e. The van der Waals surface area contributed by atoms with Gasteiger partial charge in [-0.3, -0.25) is 9.59 Å². The van der Waals surface area contributed by atoms with Crippen LogP contribution < -0.4 is 0 Å². The summed E-state index contributed by atoms with van der Waals surface area (Å²) in [6.07, 6.45) is -1.21. The van der Waals surface area contributed by atoms with E-state index in [0.717, 1.165) is 23.1 Å². The summed E-state index contributed by atoms with van der Waals surface area (Å²) in [7, 11) is 0. The predicted molar refractivity (Wildman–Crippen MR) is 66.2 cm³/mol. The van der Waals surface area contributed by atoms with Gasteiger partial charge in [-0.2, -0.15) is 0 Å². The van der Waals surface area contributed by atoms with Gasteiger partial charge in [0.1, 0.15) is 6.10 Å². The minimum atomic E-state index is -1.12. The van der Waals surface area contributed by atoms with Crippen molar-refractivity contribution in [2.24, 2.45) is 0 Å². The van der Waals surface area contributed by atoms with Gasteiger partial charge in [0.05, 0.1) is 11.8 Å². The van der Waals surface area contributed by atoms with Crippen LogP contribution in [0.4, 0.5) is 0 Å². The second-order valence-electron chi connectivity index (χ2n) is 3.37. The lowest BCUT2D eigenvalue weighted by Crippen LogP contribution is -2.19. The smallest absolute Gasteiger partial charge is 0.185 e. The molecule has 0 fully saturated rings. The fraction of sp³-hybridized carbons (Fsp3) is 0.500. The van der Waals surface area contributed by atoms with Gasteiger partial charge in [0.15, 0.2) is 16.4 Å². The standard InChI is InChI=1S/C10H13NO4S2/c1-6(13)16-3-2-8(14)10(15)7-5-17-9(4-12)11-7/h4-5,8,10,14-15H,2-3H2,1H3. The summed E-state index contributed by atoms with van der Waals surface area (Å²) in [4.78, 5) is 25.0. The maximum Gasteiger partial charge on any atom is 0.185 e. The van der Waals surface area contributed by atoms with Gasteiger partial charge < -0.3 is 10.2 Å². The normalized spacial score (nSPS) is 14.3. The molecule has 2 unspecified atom stereocenters. The van der Waals surface area contributed by atoms with E-state index in [1.165, 1.54) is 12.3 Å². The number of carbonyl (C=O) groups is 2. The quantitative estimate of drug-likeness (QED) is 0.754. The van der Waals surface area contributed by atoms with Gasteiger partial charge >= 0.3 is 0 Å². The third-order valence-corrected chi connectivity index (χ3v) is 3.66. The van der Waals surface area contributed by atoms with Gasteiger partial charge in [0, 0.05) is 18.1 Å².